The number of non-ortho nitro benzene ring substituents is 1. The van der Waals surface area contributed by atoms with Crippen LogP contribution in [-0.4, -0.2) is 25.6 Å². The molecule has 0 radical (unpaired) electrons. The van der Waals surface area contributed by atoms with Crippen molar-refractivity contribution in [3.63, 3.8) is 0 Å². The zero-order chi connectivity index (χ0) is 18.8. The summed E-state index contributed by atoms with van der Waals surface area (Å²) in [6.07, 6.45) is 0. The van der Waals surface area contributed by atoms with E-state index in [-0.39, 0.29) is 17.2 Å². The number of nitro benzene ring substituents is 1. The average Bonchev–Trinajstić information content (AvgIpc) is 3.08. The number of anilines is 1. The van der Waals surface area contributed by atoms with Crippen molar-refractivity contribution in [2.75, 3.05) is 5.32 Å². The summed E-state index contributed by atoms with van der Waals surface area (Å²) >= 11 is 2.51. The highest BCUT2D eigenvalue weighted by Crippen LogP contribution is 2.24. The first kappa shape index (κ1) is 18.1. The van der Waals surface area contributed by atoms with Crippen LogP contribution < -0.4 is 10.9 Å². The Morgan fingerprint density at radius 2 is 2.04 bits per heavy atom. The quantitative estimate of drug-likeness (QED) is 0.311. The number of thioether (sulfide) groups is 1. The lowest BCUT2D eigenvalue weighted by Crippen LogP contribution is -2.25. The lowest BCUT2D eigenvalue weighted by Gasteiger charge is -2.13. The highest BCUT2D eigenvalue weighted by atomic mass is 32.2. The molecule has 3 aromatic rings. The third-order valence-electron chi connectivity index (χ3n) is 3.64. The fourth-order valence-electron chi connectivity index (χ4n) is 2.20. The van der Waals surface area contributed by atoms with E-state index in [0.717, 1.165) is 0 Å². The highest BCUT2D eigenvalue weighted by Gasteiger charge is 2.19. The average molecular weight is 390 g/mol. The molecule has 2 heterocycles. The first-order valence-electron chi connectivity index (χ1n) is 7.53. The normalized spacial score (nSPS) is 12.1. The smallest absolute Gasteiger partial charge is 0.271 e. The number of hydrogen-bond donors (Lipinski definition) is 1. The number of hydrogen-bond acceptors (Lipinski definition) is 7. The van der Waals surface area contributed by atoms with Crippen LogP contribution in [0.25, 0.3) is 10.2 Å². The van der Waals surface area contributed by atoms with Gasteiger partial charge in [-0.25, -0.2) is 4.98 Å². The van der Waals surface area contributed by atoms with E-state index in [9.17, 15) is 19.7 Å². The zero-order valence-corrected chi connectivity index (χ0v) is 15.5. The minimum absolute atomic E-state index is 0.0475. The predicted molar refractivity (Wildman–Crippen MR) is 102 cm³/mol. The Labute approximate surface area is 156 Å². The van der Waals surface area contributed by atoms with Crippen molar-refractivity contribution >= 4 is 50.6 Å². The summed E-state index contributed by atoms with van der Waals surface area (Å²) in [7, 11) is 1.62. The van der Waals surface area contributed by atoms with Crippen LogP contribution in [-0.2, 0) is 11.8 Å². The van der Waals surface area contributed by atoms with Crippen molar-refractivity contribution in [1.29, 1.82) is 0 Å². The molecule has 2 aromatic heterocycles. The molecule has 0 aliphatic rings. The minimum atomic E-state index is -0.514. The lowest BCUT2D eigenvalue weighted by atomic mass is 10.3. The molecule has 0 saturated carbocycles. The molecule has 10 heteroatoms. The molecule has 1 amide bonds. The van der Waals surface area contributed by atoms with E-state index < -0.39 is 10.2 Å². The SMILES string of the molecule is CC(Sc1nc2ccsc2c(=O)n1C)C(=O)Nc1ccc([N+](=O)[O-])cc1. The molecule has 1 atom stereocenters. The zero-order valence-electron chi connectivity index (χ0n) is 13.8. The number of carbonyl (C=O) groups is 1. The van der Waals surface area contributed by atoms with Gasteiger partial charge in [0.1, 0.15) is 4.70 Å². The molecule has 0 aliphatic heterocycles. The van der Waals surface area contributed by atoms with Crippen LogP contribution in [0.2, 0.25) is 0 Å². The number of nitrogens with zero attached hydrogens (tertiary/aromatic N) is 3. The number of benzene rings is 1. The topological polar surface area (TPSA) is 107 Å². The molecule has 0 spiro atoms. The standard InChI is InChI=1S/C16H14N4O4S2/c1-9(14(21)17-10-3-5-11(6-4-10)20(23)24)26-16-18-12-7-8-25-13(12)15(22)19(16)2/h3-9H,1-2H3,(H,17,21). The molecule has 0 aliphatic carbocycles. The second-order valence-electron chi connectivity index (χ2n) is 5.45. The second-order valence-corrected chi connectivity index (χ2v) is 7.67. The number of thiophene rings is 1. The molecule has 1 N–H and O–H groups in total. The molecule has 8 nitrogen and oxygen atoms in total. The summed E-state index contributed by atoms with van der Waals surface area (Å²) < 4.78 is 2.01. The van der Waals surface area contributed by atoms with Crippen LogP contribution in [0, 0.1) is 10.1 Å². The van der Waals surface area contributed by atoms with Crippen molar-refractivity contribution in [3.05, 3.63) is 56.2 Å². The molecule has 134 valence electrons. The summed E-state index contributed by atoms with van der Waals surface area (Å²) in [6.45, 7) is 1.70. The van der Waals surface area contributed by atoms with Crippen LogP contribution >= 0.6 is 23.1 Å². The molecular weight excluding hydrogens is 376 g/mol. The molecule has 3 rings (SSSR count). The number of nitrogens with one attached hydrogen (secondary N) is 1. The van der Waals surface area contributed by atoms with Gasteiger partial charge in [-0.05, 0) is 30.5 Å². The summed E-state index contributed by atoms with van der Waals surface area (Å²) in [6, 6.07) is 7.36. The lowest BCUT2D eigenvalue weighted by molar-refractivity contribution is -0.384. The van der Waals surface area contributed by atoms with E-state index in [1.165, 1.54) is 51.9 Å². The van der Waals surface area contributed by atoms with Gasteiger partial charge in [0.15, 0.2) is 5.16 Å². The summed E-state index contributed by atoms with van der Waals surface area (Å²) in [5.74, 6) is -0.288. The van der Waals surface area contributed by atoms with E-state index >= 15 is 0 Å². The highest BCUT2D eigenvalue weighted by molar-refractivity contribution is 8.00. The maximum atomic E-state index is 12.4. The van der Waals surface area contributed by atoms with Crippen LogP contribution in [0.4, 0.5) is 11.4 Å². The largest absolute Gasteiger partial charge is 0.325 e. The first-order valence-corrected chi connectivity index (χ1v) is 9.29. The molecule has 0 saturated heterocycles. The molecule has 26 heavy (non-hydrogen) atoms. The van der Waals surface area contributed by atoms with Gasteiger partial charge in [0.05, 0.1) is 15.7 Å². The van der Waals surface area contributed by atoms with Crippen molar-refractivity contribution in [2.45, 2.75) is 17.3 Å². The Hall–Kier alpha value is -2.72. The monoisotopic (exact) mass is 390 g/mol. The Kier molecular flexibility index (Phi) is 5.05. The minimum Gasteiger partial charge on any atom is -0.325 e. The van der Waals surface area contributed by atoms with E-state index in [4.69, 9.17) is 0 Å². The number of nitro groups is 1. The van der Waals surface area contributed by atoms with Gasteiger partial charge < -0.3 is 5.32 Å². The van der Waals surface area contributed by atoms with Crippen LogP contribution in [0.5, 0.6) is 0 Å². The Balaban J connectivity index is 1.74. The van der Waals surface area contributed by atoms with Gasteiger partial charge in [0.2, 0.25) is 5.91 Å². The fourth-order valence-corrected chi connectivity index (χ4v) is 3.87. The second kappa shape index (κ2) is 7.26. The molecule has 0 fully saturated rings. The maximum Gasteiger partial charge on any atom is 0.271 e. The van der Waals surface area contributed by atoms with E-state index in [1.54, 1.807) is 25.4 Å². The number of amides is 1. The Morgan fingerprint density at radius 1 is 1.35 bits per heavy atom. The predicted octanol–water partition coefficient (Wildman–Crippen LogP) is 3.02. The first-order chi connectivity index (χ1) is 12.4. The van der Waals surface area contributed by atoms with E-state index in [0.29, 0.717) is 21.1 Å². The number of rotatable bonds is 5. The Morgan fingerprint density at radius 3 is 2.69 bits per heavy atom. The molecule has 0 bridgehead atoms. The van der Waals surface area contributed by atoms with Gasteiger partial charge in [0.25, 0.3) is 11.2 Å². The number of fused-ring (bicyclic) bond motifs is 1. The number of carbonyl (C=O) groups excluding carboxylic acids is 1. The molecule has 1 aromatic carbocycles. The third kappa shape index (κ3) is 3.60. The van der Waals surface area contributed by atoms with Crippen LogP contribution in [0.15, 0.2) is 45.7 Å². The summed E-state index contributed by atoms with van der Waals surface area (Å²) in [5.41, 5.74) is 0.885. The van der Waals surface area contributed by atoms with Gasteiger partial charge in [-0.1, -0.05) is 11.8 Å². The molecule has 1 unspecified atom stereocenters. The van der Waals surface area contributed by atoms with Crippen LogP contribution in [0.3, 0.4) is 0 Å². The van der Waals surface area contributed by atoms with E-state index in [1.807, 2.05) is 0 Å². The number of aromatic nitrogens is 2. The third-order valence-corrected chi connectivity index (χ3v) is 5.68. The van der Waals surface area contributed by atoms with Gasteiger partial charge in [-0.15, -0.1) is 11.3 Å². The Bertz CT molecular complexity index is 1040. The van der Waals surface area contributed by atoms with E-state index in [2.05, 4.69) is 10.3 Å². The fraction of sp³-hybridized carbons (Fsp3) is 0.188. The maximum absolute atomic E-state index is 12.4. The summed E-state index contributed by atoms with van der Waals surface area (Å²) in [4.78, 5) is 39.3. The van der Waals surface area contributed by atoms with Gasteiger partial charge in [-0.2, -0.15) is 0 Å². The van der Waals surface area contributed by atoms with Crippen molar-refractivity contribution < 1.29 is 9.72 Å². The van der Waals surface area contributed by atoms with Crippen LogP contribution in [0.1, 0.15) is 6.92 Å². The molecular formula is C16H14N4O4S2. The van der Waals surface area contributed by atoms with Gasteiger partial charge >= 0.3 is 0 Å². The summed E-state index contributed by atoms with van der Waals surface area (Å²) in [5, 5.41) is 15.1. The van der Waals surface area contributed by atoms with Crippen molar-refractivity contribution in [1.82, 2.24) is 9.55 Å². The van der Waals surface area contributed by atoms with Gasteiger partial charge in [-0.3, -0.25) is 24.3 Å². The van der Waals surface area contributed by atoms with Gasteiger partial charge in [0, 0.05) is 24.9 Å². The van der Waals surface area contributed by atoms with Crippen molar-refractivity contribution in [3.8, 4) is 0 Å². The van der Waals surface area contributed by atoms with Crippen molar-refractivity contribution in [2.24, 2.45) is 7.05 Å².